The van der Waals surface area contributed by atoms with Gasteiger partial charge in [-0.3, -0.25) is 0 Å². The van der Waals surface area contributed by atoms with Crippen LogP contribution in [0.3, 0.4) is 0 Å². The zero-order valence-corrected chi connectivity index (χ0v) is 10.5. The summed E-state index contributed by atoms with van der Waals surface area (Å²) in [6.07, 6.45) is 2.24. The van der Waals surface area contributed by atoms with Crippen molar-refractivity contribution >= 4 is 0 Å². The third-order valence-corrected chi connectivity index (χ3v) is 2.34. The van der Waals surface area contributed by atoms with Crippen molar-refractivity contribution in [3.05, 3.63) is 0 Å². The van der Waals surface area contributed by atoms with Crippen LogP contribution in [0.15, 0.2) is 0 Å². The molecular weight excluding hydrogens is 174 g/mol. The minimum absolute atomic E-state index is 0.0249. The van der Waals surface area contributed by atoms with Crippen molar-refractivity contribution in [2.75, 3.05) is 19.7 Å². The van der Waals surface area contributed by atoms with Gasteiger partial charge in [-0.1, -0.05) is 20.8 Å². The van der Waals surface area contributed by atoms with E-state index in [2.05, 4.69) is 39.9 Å². The van der Waals surface area contributed by atoms with Crippen molar-refractivity contribution in [3.63, 3.8) is 0 Å². The van der Waals surface area contributed by atoms with Crippen LogP contribution in [0.1, 0.15) is 47.5 Å². The summed E-state index contributed by atoms with van der Waals surface area (Å²) in [5.41, 5.74) is 0.0249. The van der Waals surface area contributed by atoms with E-state index in [4.69, 9.17) is 4.74 Å². The van der Waals surface area contributed by atoms with Crippen LogP contribution in [0.4, 0.5) is 0 Å². The Labute approximate surface area is 89.4 Å². The van der Waals surface area contributed by atoms with Crippen molar-refractivity contribution < 1.29 is 4.74 Å². The molecular formula is C12H27NO. The summed E-state index contributed by atoms with van der Waals surface area (Å²) >= 11 is 0. The lowest BCUT2D eigenvalue weighted by atomic mass is 10.0. The van der Waals surface area contributed by atoms with E-state index >= 15 is 0 Å². The summed E-state index contributed by atoms with van der Waals surface area (Å²) in [5, 5.41) is 3.32. The van der Waals surface area contributed by atoms with Crippen molar-refractivity contribution in [2.45, 2.75) is 53.1 Å². The Morgan fingerprint density at radius 2 is 1.93 bits per heavy atom. The molecule has 0 aromatic rings. The van der Waals surface area contributed by atoms with Crippen LogP contribution in [0.2, 0.25) is 0 Å². The predicted molar refractivity (Wildman–Crippen MR) is 62.6 cm³/mol. The van der Waals surface area contributed by atoms with Gasteiger partial charge >= 0.3 is 0 Å². The third-order valence-electron chi connectivity index (χ3n) is 2.34. The molecule has 0 atom stereocenters. The second kappa shape index (κ2) is 7.24. The molecule has 0 radical (unpaired) electrons. The maximum atomic E-state index is 5.85. The largest absolute Gasteiger partial charge is 0.376 e. The van der Waals surface area contributed by atoms with E-state index in [-0.39, 0.29) is 5.60 Å². The van der Waals surface area contributed by atoms with Crippen molar-refractivity contribution in [1.82, 2.24) is 5.32 Å². The molecule has 0 amide bonds. The lowest BCUT2D eigenvalue weighted by molar-refractivity contribution is -0.0271. The highest BCUT2D eigenvalue weighted by Gasteiger charge is 2.17. The highest BCUT2D eigenvalue weighted by atomic mass is 16.5. The van der Waals surface area contributed by atoms with Crippen molar-refractivity contribution in [1.29, 1.82) is 0 Å². The Morgan fingerprint density at radius 3 is 2.43 bits per heavy atom. The van der Waals surface area contributed by atoms with Gasteiger partial charge in [-0.25, -0.2) is 0 Å². The molecule has 0 aromatic carbocycles. The smallest absolute Gasteiger partial charge is 0.0638 e. The van der Waals surface area contributed by atoms with Gasteiger partial charge in [-0.15, -0.1) is 0 Å². The first-order valence-corrected chi connectivity index (χ1v) is 5.82. The summed E-state index contributed by atoms with van der Waals surface area (Å²) in [7, 11) is 0. The topological polar surface area (TPSA) is 21.3 Å². The molecule has 0 aliphatic carbocycles. The summed E-state index contributed by atoms with van der Waals surface area (Å²) in [6, 6.07) is 0. The monoisotopic (exact) mass is 201 g/mol. The molecule has 14 heavy (non-hydrogen) atoms. The molecule has 0 aromatic heterocycles. The lowest BCUT2D eigenvalue weighted by Gasteiger charge is -2.26. The molecule has 0 rings (SSSR count). The Morgan fingerprint density at radius 1 is 1.29 bits per heavy atom. The molecule has 86 valence electrons. The fourth-order valence-corrected chi connectivity index (χ4v) is 1.21. The summed E-state index contributed by atoms with van der Waals surface area (Å²) < 4.78 is 5.85. The zero-order chi connectivity index (χ0) is 11.0. The SMILES string of the molecule is CCNCCC(C)(C)OCCC(C)C. The molecule has 0 saturated heterocycles. The second-order valence-corrected chi connectivity index (χ2v) is 4.89. The van der Waals surface area contributed by atoms with Crippen LogP contribution in [0.5, 0.6) is 0 Å². The first-order valence-electron chi connectivity index (χ1n) is 5.82. The summed E-state index contributed by atoms with van der Waals surface area (Å²) in [6.45, 7) is 13.9. The average molecular weight is 201 g/mol. The molecule has 0 aliphatic rings. The second-order valence-electron chi connectivity index (χ2n) is 4.89. The van der Waals surface area contributed by atoms with E-state index in [0.717, 1.165) is 38.5 Å². The molecule has 0 fully saturated rings. The molecule has 0 unspecified atom stereocenters. The number of nitrogens with one attached hydrogen (secondary N) is 1. The Hall–Kier alpha value is -0.0800. The number of rotatable bonds is 8. The molecule has 0 spiro atoms. The zero-order valence-electron chi connectivity index (χ0n) is 10.5. The Kier molecular flexibility index (Phi) is 7.20. The van der Waals surface area contributed by atoms with Crippen molar-refractivity contribution in [2.24, 2.45) is 5.92 Å². The van der Waals surface area contributed by atoms with E-state index in [1.54, 1.807) is 0 Å². The van der Waals surface area contributed by atoms with E-state index < -0.39 is 0 Å². The molecule has 0 aliphatic heterocycles. The average Bonchev–Trinajstić information content (AvgIpc) is 2.03. The van der Waals surface area contributed by atoms with Crippen LogP contribution >= 0.6 is 0 Å². The molecule has 2 nitrogen and oxygen atoms in total. The normalized spacial score (nSPS) is 12.4. The highest BCUT2D eigenvalue weighted by Crippen LogP contribution is 2.15. The van der Waals surface area contributed by atoms with Crippen LogP contribution in [-0.4, -0.2) is 25.3 Å². The van der Waals surface area contributed by atoms with Gasteiger partial charge in [0.15, 0.2) is 0 Å². The number of ether oxygens (including phenoxy) is 1. The van der Waals surface area contributed by atoms with Gasteiger partial charge in [0, 0.05) is 6.61 Å². The molecule has 0 heterocycles. The Bertz CT molecular complexity index is 132. The van der Waals surface area contributed by atoms with Crippen LogP contribution in [0, 0.1) is 5.92 Å². The standard InChI is InChI=1S/C12H27NO/c1-6-13-9-8-12(4,5)14-10-7-11(2)3/h11,13H,6-10H2,1-5H3. The first kappa shape index (κ1) is 13.9. The quantitative estimate of drug-likeness (QED) is 0.610. The van der Waals surface area contributed by atoms with Gasteiger partial charge in [0.25, 0.3) is 0 Å². The van der Waals surface area contributed by atoms with E-state index in [0.29, 0.717) is 0 Å². The van der Waals surface area contributed by atoms with Gasteiger partial charge in [0.1, 0.15) is 0 Å². The predicted octanol–water partition coefficient (Wildman–Crippen LogP) is 2.83. The van der Waals surface area contributed by atoms with Gasteiger partial charge in [-0.05, 0) is 45.7 Å². The molecule has 0 bridgehead atoms. The summed E-state index contributed by atoms with van der Waals surface area (Å²) in [4.78, 5) is 0. The number of hydrogen-bond donors (Lipinski definition) is 1. The first-order chi connectivity index (χ1) is 6.48. The lowest BCUT2D eigenvalue weighted by Crippen LogP contribution is -2.30. The van der Waals surface area contributed by atoms with Gasteiger partial charge in [0.05, 0.1) is 5.60 Å². The molecule has 2 heteroatoms. The van der Waals surface area contributed by atoms with Crippen LogP contribution < -0.4 is 5.32 Å². The van der Waals surface area contributed by atoms with E-state index in [1.165, 1.54) is 0 Å². The van der Waals surface area contributed by atoms with Gasteiger partial charge in [-0.2, -0.15) is 0 Å². The van der Waals surface area contributed by atoms with Crippen molar-refractivity contribution in [3.8, 4) is 0 Å². The van der Waals surface area contributed by atoms with E-state index in [1.807, 2.05) is 0 Å². The maximum Gasteiger partial charge on any atom is 0.0638 e. The Balaban J connectivity index is 3.50. The van der Waals surface area contributed by atoms with Crippen LogP contribution in [-0.2, 0) is 4.74 Å². The minimum atomic E-state index is 0.0249. The molecule has 1 N–H and O–H groups in total. The summed E-state index contributed by atoms with van der Waals surface area (Å²) in [5.74, 6) is 0.736. The van der Waals surface area contributed by atoms with E-state index in [9.17, 15) is 0 Å². The van der Waals surface area contributed by atoms with Gasteiger partial charge < -0.3 is 10.1 Å². The highest BCUT2D eigenvalue weighted by molar-refractivity contribution is 4.69. The van der Waals surface area contributed by atoms with Gasteiger partial charge in [0.2, 0.25) is 0 Å². The fourth-order valence-electron chi connectivity index (χ4n) is 1.21. The maximum absolute atomic E-state index is 5.85. The number of hydrogen-bond acceptors (Lipinski definition) is 2. The fraction of sp³-hybridized carbons (Fsp3) is 1.00. The minimum Gasteiger partial charge on any atom is -0.376 e. The molecule has 0 saturated carbocycles. The van der Waals surface area contributed by atoms with Crippen LogP contribution in [0.25, 0.3) is 0 Å². The third kappa shape index (κ3) is 8.52.